The second kappa shape index (κ2) is 7.46. The third-order valence-electron chi connectivity index (χ3n) is 5.23. The standard InChI is InChI=1S/C22H21FN2O3/c1-28-18-11-5-3-9-16(18)19-20(24-12-6-7-13-24)22(27)25(21(19)26)14-15-8-2-4-10-17(15)23/h2-5,8-11H,6-7,12-14H2,1H3. The van der Waals surface area contributed by atoms with E-state index in [2.05, 4.69) is 0 Å². The molecule has 5 nitrogen and oxygen atoms in total. The van der Waals surface area contributed by atoms with E-state index < -0.39 is 11.7 Å². The van der Waals surface area contributed by atoms with Crippen LogP contribution in [0.15, 0.2) is 54.2 Å². The molecule has 0 saturated carbocycles. The van der Waals surface area contributed by atoms with Crippen LogP contribution in [0.25, 0.3) is 5.57 Å². The number of nitrogens with zero attached hydrogens (tertiary/aromatic N) is 2. The Kier molecular flexibility index (Phi) is 4.86. The van der Waals surface area contributed by atoms with Crippen LogP contribution in [0.5, 0.6) is 5.75 Å². The minimum absolute atomic E-state index is 0.0969. The van der Waals surface area contributed by atoms with E-state index in [1.165, 1.54) is 13.2 Å². The number of rotatable bonds is 5. The molecule has 0 aromatic heterocycles. The summed E-state index contributed by atoms with van der Waals surface area (Å²) in [6.45, 7) is 1.35. The van der Waals surface area contributed by atoms with Crippen LogP contribution in [0.1, 0.15) is 24.0 Å². The van der Waals surface area contributed by atoms with E-state index >= 15 is 0 Å². The topological polar surface area (TPSA) is 49.9 Å². The molecule has 0 radical (unpaired) electrons. The molecule has 2 heterocycles. The molecule has 4 rings (SSSR count). The lowest BCUT2D eigenvalue weighted by atomic mass is 10.0. The SMILES string of the molecule is COc1ccccc1C1=C(N2CCCC2)C(=O)N(Cc2ccccc2F)C1=O. The Bertz CT molecular complexity index is 964. The number of halogens is 1. The third-order valence-corrected chi connectivity index (χ3v) is 5.23. The Morgan fingerprint density at radius 3 is 2.36 bits per heavy atom. The second-order valence-electron chi connectivity index (χ2n) is 6.91. The van der Waals surface area contributed by atoms with Gasteiger partial charge in [0.15, 0.2) is 0 Å². The van der Waals surface area contributed by atoms with Crippen molar-refractivity contribution in [1.29, 1.82) is 0 Å². The lowest BCUT2D eigenvalue weighted by molar-refractivity contribution is -0.138. The lowest BCUT2D eigenvalue weighted by Gasteiger charge is -2.20. The Morgan fingerprint density at radius 2 is 1.64 bits per heavy atom. The number of carbonyl (C=O) groups is 2. The molecule has 28 heavy (non-hydrogen) atoms. The van der Waals surface area contributed by atoms with Crippen LogP contribution < -0.4 is 4.74 Å². The molecule has 2 aromatic carbocycles. The Hall–Kier alpha value is -3.15. The first kappa shape index (κ1) is 18.2. The van der Waals surface area contributed by atoms with Crippen LogP contribution in [0, 0.1) is 5.82 Å². The normalized spacial score (nSPS) is 17.1. The fourth-order valence-electron chi connectivity index (χ4n) is 3.83. The Balaban J connectivity index is 1.79. The summed E-state index contributed by atoms with van der Waals surface area (Å²) in [6.07, 6.45) is 1.94. The van der Waals surface area contributed by atoms with Gasteiger partial charge in [-0.3, -0.25) is 14.5 Å². The predicted octanol–water partition coefficient (Wildman–Crippen LogP) is 3.21. The molecule has 1 saturated heterocycles. The molecular formula is C22H21FN2O3. The molecule has 2 aliphatic rings. The van der Waals surface area contributed by atoms with Crippen LogP contribution in [0.3, 0.4) is 0 Å². The van der Waals surface area contributed by atoms with Crippen LogP contribution in [0.4, 0.5) is 4.39 Å². The van der Waals surface area contributed by atoms with Crippen molar-refractivity contribution in [1.82, 2.24) is 9.80 Å². The molecule has 1 fully saturated rings. The highest BCUT2D eigenvalue weighted by molar-refractivity contribution is 6.35. The monoisotopic (exact) mass is 380 g/mol. The van der Waals surface area contributed by atoms with Gasteiger partial charge >= 0.3 is 0 Å². The number of benzene rings is 2. The summed E-state index contributed by atoms with van der Waals surface area (Å²) in [4.78, 5) is 29.6. The first-order valence-electron chi connectivity index (χ1n) is 9.34. The molecule has 0 spiro atoms. The molecule has 2 aliphatic heterocycles. The van der Waals surface area contributed by atoms with Crippen molar-refractivity contribution in [2.45, 2.75) is 19.4 Å². The smallest absolute Gasteiger partial charge is 0.278 e. The van der Waals surface area contributed by atoms with Crippen molar-refractivity contribution in [2.75, 3.05) is 20.2 Å². The number of methoxy groups -OCH3 is 1. The van der Waals surface area contributed by atoms with E-state index in [1.54, 1.807) is 30.3 Å². The van der Waals surface area contributed by atoms with E-state index in [9.17, 15) is 14.0 Å². The first-order chi connectivity index (χ1) is 13.6. The number of hydrogen-bond acceptors (Lipinski definition) is 4. The molecule has 0 bridgehead atoms. The maximum absolute atomic E-state index is 14.1. The third kappa shape index (κ3) is 3.05. The summed E-state index contributed by atoms with van der Waals surface area (Å²) < 4.78 is 19.6. The number of para-hydroxylation sites is 1. The molecule has 0 atom stereocenters. The van der Waals surface area contributed by atoms with Crippen molar-refractivity contribution in [3.8, 4) is 5.75 Å². The van der Waals surface area contributed by atoms with Gasteiger partial charge in [0.2, 0.25) is 0 Å². The Labute approximate surface area is 163 Å². The van der Waals surface area contributed by atoms with E-state index in [0.717, 1.165) is 30.8 Å². The summed E-state index contributed by atoms with van der Waals surface area (Å²) in [5, 5.41) is 0. The van der Waals surface area contributed by atoms with Gasteiger partial charge < -0.3 is 9.64 Å². The van der Waals surface area contributed by atoms with Gasteiger partial charge in [0.1, 0.15) is 17.3 Å². The number of imide groups is 1. The number of amides is 2. The van der Waals surface area contributed by atoms with Crippen molar-refractivity contribution in [3.63, 3.8) is 0 Å². The van der Waals surface area contributed by atoms with E-state index in [0.29, 0.717) is 28.1 Å². The highest BCUT2D eigenvalue weighted by atomic mass is 19.1. The molecule has 144 valence electrons. The number of hydrogen-bond donors (Lipinski definition) is 0. The second-order valence-corrected chi connectivity index (χ2v) is 6.91. The van der Waals surface area contributed by atoms with Crippen LogP contribution in [-0.4, -0.2) is 41.8 Å². The minimum atomic E-state index is -0.434. The van der Waals surface area contributed by atoms with Gasteiger partial charge in [-0.15, -0.1) is 0 Å². The molecule has 6 heteroatoms. The van der Waals surface area contributed by atoms with Crippen molar-refractivity contribution in [3.05, 3.63) is 71.2 Å². The summed E-state index contributed by atoms with van der Waals surface area (Å²) in [6, 6.07) is 13.4. The van der Waals surface area contributed by atoms with Crippen LogP contribution in [-0.2, 0) is 16.1 Å². The van der Waals surface area contributed by atoms with Gasteiger partial charge in [0.05, 0.1) is 19.2 Å². The Morgan fingerprint density at radius 1 is 0.964 bits per heavy atom. The molecule has 2 amide bonds. The van der Waals surface area contributed by atoms with Gasteiger partial charge in [-0.1, -0.05) is 36.4 Å². The minimum Gasteiger partial charge on any atom is -0.496 e. The number of likely N-dealkylation sites (tertiary alicyclic amines) is 1. The maximum Gasteiger partial charge on any atom is 0.278 e. The summed E-state index contributed by atoms with van der Waals surface area (Å²) in [5.41, 5.74) is 1.62. The van der Waals surface area contributed by atoms with Gasteiger partial charge in [0, 0.05) is 24.2 Å². The zero-order valence-electron chi connectivity index (χ0n) is 15.7. The zero-order valence-corrected chi connectivity index (χ0v) is 15.7. The van der Waals surface area contributed by atoms with E-state index in [-0.39, 0.29) is 12.5 Å². The van der Waals surface area contributed by atoms with Crippen molar-refractivity contribution >= 4 is 17.4 Å². The molecular weight excluding hydrogens is 359 g/mol. The molecule has 0 unspecified atom stereocenters. The molecule has 2 aromatic rings. The molecule has 0 N–H and O–H groups in total. The van der Waals surface area contributed by atoms with E-state index in [1.807, 2.05) is 17.0 Å². The van der Waals surface area contributed by atoms with Gasteiger partial charge in [-0.25, -0.2) is 4.39 Å². The van der Waals surface area contributed by atoms with Gasteiger partial charge in [0.25, 0.3) is 11.8 Å². The largest absolute Gasteiger partial charge is 0.496 e. The van der Waals surface area contributed by atoms with Crippen LogP contribution in [0.2, 0.25) is 0 Å². The van der Waals surface area contributed by atoms with E-state index in [4.69, 9.17) is 4.74 Å². The number of carbonyl (C=O) groups excluding carboxylic acids is 2. The first-order valence-corrected chi connectivity index (χ1v) is 9.34. The zero-order chi connectivity index (χ0) is 19.7. The average molecular weight is 380 g/mol. The quantitative estimate of drug-likeness (QED) is 0.748. The van der Waals surface area contributed by atoms with Crippen LogP contribution >= 0.6 is 0 Å². The summed E-state index contributed by atoms with van der Waals surface area (Å²) >= 11 is 0. The lowest BCUT2D eigenvalue weighted by Crippen LogP contribution is -2.34. The van der Waals surface area contributed by atoms with Gasteiger partial charge in [-0.05, 0) is 25.0 Å². The summed E-state index contributed by atoms with van der Waals surface area (Å²) in [7, 11) is 1.54. The summed E-state index contributed by atoms with van der Waals surface area (Å²) in [5.74, 6) is -0.699. The van der Waals surface area contributed by atoms with Crippen molar-refractivity contribution in [2.24, 2.45) is 0 Å². The maximum atomic E-state index is 14.1. The fourth-order valence-corrected chi connectivity index (χ4v) is 3.83. The van der Waals surface area contributed by atoms with Crippen molar-refractivity contribution < 1.29 is 18.7 Å². The average Bonchev–Trinajstić information content (AvgIpc) is 3.31. The fraction of sp³-hybridized carbons (Fsp3) is 0.273. The highest BCUT2D eigenvalue weighted by Gasteiger charge is 2.43. The number of ether oxygens (including phenoxy) is 1. The highest BCUT2D eigenvalue weighted by Crippen LogP contribution is 2.37. The van der Waals surface area contributed by atoms with Gasteiger partial charge in [-0.2, -0.15) is 0 Å². The molecule has 0 aliphatic carbocycles. The predicted molar refractivity (Wildman–Crippen MR) is 103 cm³/mol.